The molecule has 0 heterocycles. The fourth-order valence-electron chi connectivity index (χ4n) is 1.25. The van der Waals surface area contributed by atoms with Crippen LogP contribution in [0.25, 0.3) is 6.08 Å². The van der Waals surface area contributed by atoms with Crippen molar-refractivity contribution in [3.63, 3.8) is 0 Å². The molecule has 2 nitrogen and oxygen atoms in total. The van der Waals surface area contributed by atoms with Crippen LogP contribution < -0.4 is 0 Å². The van der Waals surface area contributed by atoms with Gasteiger partial charge in [0.25, 0.3) is 0 Å². The summed E-state index contributed by atoms with van der Waals surface area (Å²) in [6.45, 7) is 0. The lowest BCUT2D eigenvalue weighted by Crippen LogP contribution is -1.92. The van der Waals surface area contributed by atoms with Gasteiger partial charge < -0.3 is 5.21 Å². The third-order valence-corrected chi connectivity index (χ3v) is 2.31. The van der Waals surface area contributed by atoms with Gasteiger partial charge in [-0.25, -0.2) is 0 Å². The lowest BCUT2D eigenvalue weighted by molar-refractivity contribution is 0.320. The Balaban J connectivity index is 2.61. The van der Waals surface area contributed by atoms with E-state index in [1.807, 2.05) is 24.3 Å². The average Bonchev–Trinajstić information content (AvgIpc) is 2.46. The number of rotatable bonds is 0. The Bertz CT molecular complexity index is 382. The maximum atomic E-state index is 8.61. The summed E-state index contributed by atoms with van der Waals surface area (Å²) >= 11 is 3.37. The summed E-state index contributed by atoms with van der Waals surface area (Å²) in [5, 5.41) is 11.8. The monoisotopic (exact) mass is 223 g/mol. The van der Waals surface area contributed by atoms with Gasteiger partial charge in [-0.05, 0) is 23.8 Å². The van der Waals surface area contributed by atoms with E-state index >= 15 is 0 Å². The molecule has 0 fully saturated rings. The van der Waals surface area contributed by atoms with Gasteiger partial charge in [-0.1, -0.05) is 33.2 Å². The van der Waals surface area contributed by atoms with Gasteiger partial charge in [-0.3, -0.25) is 0 Å². The molecule has 12 heavy (non-hydrogen) atoms. The van der Waals surface area contributed by atoms with Crippen molar-refractivity contribution in [2.45, 2.75) is 0 Å². The van der Waals surface area contributed by atoms with Crippen molar-refractivity contribution in [2.24, 2.45) is 5.16 Å². The van der Waals surface area contributed by atoms with Gasteiger partial charge in [0.1, 0.15) is 5.71 Å². The van der Waals surface area contributed by atoms with Crippen molar-refractivity contribution in [2.75, 3.05) is 0 Å². The van der Waals surface area contributed by atoms with E-state index < -0.39 is 0 Å². The van der Waals surface area contributed by atoms with E-state index in [0.29, 0.717) is 5.71 Å². The van der Waals surface area contributed by atoms with Gasteiger partial charge in [0, 0.05) is 10.0 Å². The van der Waals surface area contributed by atoms with Gasteiger partial charge in [-0.15, -0.1) is 0 Å². The number of allylic oxidation sites excluding steroid dienone is 1. The fraction of sp³-hybridized carbons (Fsp3) is 0. The number of nitrogens with zero attached hydrogens (tertiary/aromatic N) is 1. The van der Waals surface area contributed by atoms with Crippen LogP contribution in [-0.4, -0.2) is 10.9 Å². The molecule has 1 N–H and O–H groups in total. The quantitative estimate of drug-likeness (QED) is 0.533. The van der Waals surface area contributed by atoms with E-state index in [0.717, 1.165) is 15.6 Å². The molecule has 1 aliphatic rings. The first-order valence-electron chi connectivity index (χ1n) is 3.51. The number of halogens is 1. The Hall–Kier alpha value is -1.09. The molecule has 0 saturated carbocycles. The van der Waals surface area contributed by atoms with Crippen LogP contribution in [-0.2, 0) is 0 Å². The fourth-order valence-corrected chi connectivity index (χ4v) is 1.63. The van der Waals surface area contributed by atoms with Gasteiger partial charge in [-0.2, -0.15) is 0 Å². The van der Waals surface area contributed by atoms with E-state index in [1.54, 1.807) is 6.08 Å². The van der Waals surface area contributed by atoms with Crippen LogP contribution in [0.15, 0.2) is 33.9 Å². The van der Waals surface area contributed by atoms with Crippen LogP contribution in [0.4, 0.5) is 0 Å². The van der Waals surface area contributed by atoms with Gasteiger partial charge in [0.05, 0.1) is 0 Å². The SMILES string of the molecule is ON=C1C=Cc2cc(Br)ccc21. The zero-order chi connectivity index (χ0) is 8.55. The average molecular weight is 224 g/mol. The lowest BCUT2D eigenvalue weighted by atomic mass is 10.1. The highest BCUT2D eigenvalue weighted by atomic mass is 79.9. The third-order valence-electron chi connectivity index (χ3n) is 1.82. The van der Waals surface area contributed by atoms with Gasteiger partial charge >= 0.3 is 0 Å². The predicted octanol–water partition coefficient (Wildman–Crippen LogP) is 2.65. The number of benzene rings is 1. The first kappa shape index (κ1) is 7.55. The Morgan fingerprint density at radius 3 is 2.83 bits per heavy atom. The molecule has 0 aliphatic heterocycles. The minimum absolute atomic E-state index is 0.623. The summed E-state index contributed by atoms with van der Waals surface area (Å²) < 4.78 is 1.03. The van der Waals surface area contributed by atoms with Crippen LogP contribution in [0.3, 0.4) is 0 Å². The van der Waals surface area contributed by atoms with Crippen LogP contribution in [0.5, 0.6) is 0 Å². The molecule has 0 atom stereocenters. The number of hydrogen-bond donors (Lipinski definition) is 1. The third kappa shape index (κ3) is 1.06. The highest BCUT2D eigenvalue weighted by molar-refractivity contribution is 9.10. The Morgan fingerprint density at radius 2 is 2.08 bits per heavy atom. The molecular formula is C9H6BrNO. The topological polar surface area (TPSA) is 32.6 Å². The predicted molar refractivity (Wildman–Crippen MR) is 51.5 cm³/mol. The van der Waals surface area contributed by atoms with E-state index in [1.165, 1.54) is 0 Å². The summed E-state index contributed by atoms with van der Waals surface area (Å²) in [5.41, 5.74) is 2.68. The molecule has 3 heteroatoms. The minimum atomic E-state index is 0.623. The van der Waals surface area contributed by atoms with E-state index in [2.05, 4.69) is 21.1 Å². The zero-order valence-electron chi connectivity index (χ0n) is 6.16. The summed E-state index contributed by atoms with van der Waals surface area (Å²) in [5.74, 6) is 0. The molecule has 0 saturated heterocycles. The zero-order valence-corrected chi connectivity index (χ0v) is 7.75. The summed E-state index contributed by atoms with van der Waals surface area (Å²) in [7, 11) is 0. The highest BCUT2D eigenvalue weighted by Crippen LogP contribution is 2.23. The van der Waals surface area contributed by atoms with Gasteiger partial charge in [0.2, 0.25) is 0 Å². The van der Waals surface area contributed by atoms with Crippen molar-refractivity contribution in [3.05, 3.63) is 39.9 Å². The molecule has 0 aromatic heterocycles. The maximum absolute atomic E-state index is 8.61. The highest BCUT2D eigenvalue weighted by Gasteiger charge is 2.11. The molecule has 1 aliphatic carbocycles. The molecule has 1 aromatic carbocycles. The standard InChI is InChI=1S/C9H6BrNO/c10-7-2-3-8-6(5-7)1-4-9(8)11-12/h1-5,12H. The largest absolute Gasteiger partial charge is 0.410 e. The second kappa shape index (κ2) is 2.75. The molecule has 0 radical (unpaired) electrons. The summed E-state index contributed by atoms with van der Waals surface area (Å²) in [6, 6.07) is 5.84. The first-order valence-corrected chi connectivity index (χ1v) is 4.30. The molecule has 1 aromatic rings. The molecule has 0 unspecified atom stereocenters. The van der Waals surface area contributed by atoms with Crippen molar-refractivity contribution in [1.82, 2.24) is 0 Å². The molecular weight excluding hydrogens is 218 g/mol. The van der Waals surface area contributed by atoms with Crippen molar-refractivity contribution in [1.29, 1.82) is 0 Å². The lowest BCUT2D eigenvalue weighted by Gasteiger charge is -1.98. The van der Waals surface area contributed by atoms with E-state index in [-0.39, 0.29) is 0 Å². The van der Waals surface area contributed by atoms with Crippen LogP contribution >= 0.6 is 15.9 Å². The van der Waals surface area contributed by atoms with Crippen molar-refractivity contribution >= 4 is 27.7 Å². The van der Waals surface area contributed by atoms with E-state index in [4.69, 9.17) is 5.21 Å². The minimum Gasteiger partial charge on any atom is -0.410 e. The molecule has 0 spiro atoms. The smallest absolute Gasteiger partial charge is 0.110 e. The summed E-state index contributed by atoms with van der Waals surface area (Å²) in [6.07, 6.45) is 3.71. The van der Waals surface area contributed by atoms with Crippen molar-refractivity contribution < 1.29 is 5.21 Å². The van der Waals surface area contributed by atoms with E-state index in [9.17, 15) is 0 Å². The Kier molecular flexibility index (Phi) is 1.73. The molecule has 2 rings (SSSR count). The maximum Gasteiger partial charge on any atom is 0.110 e. The number of hydrogen-bond acceptors (Lipinski definition) is 2. The van der Waals surface area contributed by atoms with Crippen LogP contribution in [0.2, 0.25) is 0 Å². The Labute approximate surface area is 78.3 Å². The molecule has 0 bridgehead atoms. The molecule has 60 valence electrons. The normalized spacial score (nSPS) is 16.9. The summed E-state index contributed by atoms with van der Waals surface area (Å²) in [4.78, 5) is 0. The van der Waals surface area contributed by atoms with Crippen molar-refractivity contribution in [3.8, 4) is 0 Å². The van der Waals surface area contributed by atoms with Gasteiger partial charge in [0.15, 0.2) is 0 Å². The first-order chi connectivity index (χ1) is 5.81. The number of fused-ring (bicyclic) bond motifs is 1. The molecule has 0 amide bonds. The number of oxime groups is 1. The van der Waals surface area contributed by atoms with Crippen LogP contribution in [0.1, 0.15) is 11.1 Å². The van der Waals surface area contributed by atoms with Crippen LogP contribution in [0, 0.1) is 0 Å². The second-order valence-corrected chi connectivity index (χ2v) is 3.47. The second-order valence-electron chi connectivity index (χ2n) is 2.55. The Morgan fingerprint density at radius 1 is 1.25 bits per heavy atom.